The molecule has 0 amide bonds. The maximum absolute atomic E-state index is 13.4. The van der Waals surface area contributed by atoms with Gasteiger partial charge in [-0.3, -0.25) is 5.41 Å². The van der Waals surface area contributed by atoms with E-state index in [1.165, 1.54) is 12.1 Å². The van der Waals surface area contributed by atoms with E-state index in [2.05, 4.69) is 4.98 Å². The van der Waals surface area contributed by atoms with E-state index < -0.39 is 0 Å². The molecule has 0 atom stereocenters. The smallest absolute Gasteiger partial charge is 0.124 e. The molecule has 5 heteroatoms. The molecular formula is C13H15FN4. The number of hydrogen-bond acceptors (Lipinski definition) is 2. The highest BCUT2D eigenvalue weighted by Crippen LogP contribution is 2.13. The van der Waals surface area contributed by atoms with Crippen LogP contribution in [0.5, 0.6) is 0 Å². The third-order valence-electron chi connectivity index (χ3n) is 2.97. The highest BCUT2D eigenvalue weighted by Gasteiger charge is 2.06. The van der Waals surface area contributed by atoms with E-state index in [-0.39, 0.29) is 11.7 Å². The Bertz CT molecular complexity index is 601. The number of imidazole rings is 1. The molecule has 0 saturated carbocycles. The van der Waals surface area contributed by atoms with Gasteiger partial charge < -0.3 is 10.3 Å². The SMILES string of the molecule is Cc1ncn(Cc2cc(F)cc(C(=N)N)c2)c1C. The van der Waals surface area contributed by atoms with Crippen molar-refractivity contribution in [1.29, 1.82) is 5.41 Å². The van der Waals surface area contributed by atoms with Gasteiger partial charge in [-0.15, -0.1) is 0 Å². The van der Waals surface area contributed by atoms with Gasteiger partial charge in [0.25, 0.3) is 0 Å². The van der Waals surface area contributed by atoms with Gasteiger partial charge in [0.2, 0.25) is 0 Å². The lowest BCUT2D eigenvalue weighted by atomic mass is 10.1. The number of nitrogen functional groups attached to an aromatic ring is 1. The molecule has 0 saturated heterocycles. The van der Waals surface area contributed by atoms with E-state index in [9.17, 15) is 4.39 Å². The van der Waals surface area contributed by atoms with Crippen molar-refractivity contribution in [3.05, 3.63) is 52.9 Å². The van der Waals surface area contributed by atoms with Crippen molar-refractivity contribution in [2.24, 2.45) is 5.73 Å². The number of nitrogens with one attached hydrogen (secondary N) is 1. The minimum Gasteiger partial charge on any atom is -0.384 e. The van der Waals surface area contributed by atoms with Crippen LogP contribution < -0.4 is 5.73 Å². The minimum absolute atomic E-state index is 0.130. The normalized spacial score (nSPS) is 10.6. The van der Waals surface area contributed by atoms with Gasteiger partial charge in [0.1, 0.15) is 11.7 Å². The standard InChI is InChI=1S/C13H15FN4/c1-8-9(2)18(7-17-8)6-10-3-11(13(15)16)5-12(14)4-10/h3-5,7H,6H2,1-2H3,(H3,15,16). The van der Waals surface area contributed by atoms with E-state index in [1.807, 2.05) is 18.4 Å². The van der Waals surface area contributed by atoms with Crippen LogP contribution in [-0.4, -0.2) is 15.4 Å². The number of hydrogen-bond donors (Lipinski definition) is 2. The van der Waals surface area contributed by atoms with Gasteiger partial charge in [-0.25, -0.2) is 9.37 Å². The van der Waals surface area contributed by atoms with Crippen LogP contribution in [0, 0.1) is 25.1 Å². The minimum atomic E-state index is -0.382. The number of benzene rings is 1. The van der Waals surface area contributed by atoms with Crippen LogP contribution in [-0.2, 0) is 6.54 Å². The number of nitrogens with two attached hydrogens (primary N) is 1. The fraction of sp³-hybridized carbons (Fsp3) is 0.231. The van der Waals surface area contributed by atoms with Crippen molar-refractivity contribution >= 4 is 5.84 Å². The number of aromatic nitrogens is 2. The monoisotopic (exact) mass is 246 g/mol. The van der Waals surface area contributed by atoms with E-state index in [4.69, 9.17) is 11.1 Å². The molecule has 2 aromatic rings. The molecule has 0 unspecified atom stereocenters. The van der Waals surface area contributed by atoms with Crippen LogP contribution in [0.15, 0.2) is 24.5 Å². The molecule has 4 nitrogen and oxygen atoms in total. The molecule has 1 aromatic heterocycles. The summed E-state index contributed by atoms with van der Waals surface area (Å²) in [4.78, 5) is 4.19. The number of halogens is 1. The third kappa shape index (κ3) is 2.40. The lowest BCUT2D eigenvalue weighted by Crippen LogP contribution is -2.12. The van der Waals surface area contributed by atoms with Crippen molar-refractivity contribution in [1.82, 2.24) is 9.55 Å². The van der Waals surface area contributed by atoms with E-state index in [0.29, 0.717) is 12.1 Å². The summed E-state index contributed by atoms with van der Waals surface area (Å²) in [5, 5.41) is 7.35. The number of rotatable bonds is 3. The Morgan fingerprint density at radius 1 is 1.39 bits per heavy atom. The Morgan fingerprint density at radius 2 is 2.11 bits per heavy atom. The Morgan fingerprint density at radius 3 is 2.67 bits per heavy atom. The summed E-state index contributed by atoms with van der Waals surface area (Å²) >= 11 is 0. The maximum Gasteiger partial charge on any atom is 0.124 e. The van der Waals surface area contributed by atoms with E-state index >= 15 is 0 Å². The highest BCUT2D eigenvalue weighted by atomic mass is 19.1. The first-order chi connectivity index (χ1) is 8.47. The van der Waals surface area contributed by atoms with Crippen LogP contribution in [0.25, 0.3) is 0 Å². The summed E-state index contributed by atoms with van der Waals surface area (Å²) in [5.74, 6) is -0.513. The van der Waals surface area contributed by atoms with Crippen LogP contribution in [0.1, 0.15) is 22.5 Å². The predicted molar refractivity (Wildman–Crippen MR) is 68.2 cm³/mol. The van der Waals surface area contributed by atoms with Gasteiger partial charge in [0, 0.05) is 17.8 Å². The first-order valence-electron chi connectivity index (χ1n) is 5.59. The summed E-state index contributed by atoms with van der Waals surface area (Å²) in [6.07, 6.45) is 1.73. The Kier molecular flexibility index (Phi) is 3.14. The largest absolute Gasteiger partial charge is 0.384 e. The molecule has 0 spiro atoms. The van der Waals surface area contributed by atoms with Crippen molar-refractivity contribution in [3.8, 4) is 0 Å². The summed E-state index contributed by atoms with van der Waals surface area (Å²) in [6.45, 7) is 4.41. The molecule has 0 bridgehead atoms. The fourth-order valence-corrected chi connectivity index (χ4v) is 1.80. The van der Waals surface area contributed by atoms with Gasteiger partial charge in [-0.2, -0.15) is 0 Å². The van der Waals surface area contributed by atoms with Crippen molar-refractivity contribution in [2.45, 2.75) is 20.4 Å². The Labute approximate surface area is 105 Å². The summed E-state index contributed by atoms with van der Waals surface area (Å²) in [7, 11) is 0. The second-order valence-corrected chi connectivity index (χ2v) is 4.31. The summed E-state index contributed by atoms with van der Waals surface area (Å²) in [6, 6.07) is 4.43. The molecule has 1 heterocycles. The first-order valence-corrected chi connectivity index (χ1v) is 5.59. The average Bonchev–Trinajstić information content (AvgIpc) is 2.60. The van der Waals surface area contributed by atoms with Crippen LogP contribution in [0.4, 0.5) is 4.39 Å². The molecule has 18 heavy (non-hydrogen) atoms. The third-order valence-corrected chi connectivity index (χ3v) is 2.97. The number of aryl methyl sites for hydroxylation is 1. The zero-order valence-corrected chi connectivity index (χ0v) is 10.4. The topological polar surface area (TPSA) is 67.7 Å². The van der Waals surface area contributed by atoms with Gasteiger partial charge in [0.05, 0.1) is 12.0 Å². The highest BCUT2D eigenvalue weighted by molar-refractivity contribution is 5.95. The molecule has 1 aromatic carbocycles. The molecule has 0 aliphatic rings. The predicted octanol–water partition coefficient (Wildman–Crippen LogP) is 1.97. The Hall–Kier alpha value is -2.17. The summed E-state index contributed by atoms with van der Waals surface area (Å²) in [5.41, 5.74) is 8.54. The summed E-state index contributed by atoms with van der Waals surface area (Å²) < 4.78 is 15.4. The Balaban J connectivity index is 2.34. The van der Waals surface area contributed by atoms with Crippen molar-refractivity contribution in [3.63, 3.8) is 0 Å². The zero-order chi connectivity index (χ0) is 13.3. The second-order valence-electron chi connectivity index (χ2n) is 4.31. The molecule has 0 fully saturated rings. The quantitative estimate of drug-likeness (QED) is 0.642. The fourth-order valence-electron chi connectivity index (χ4n) is 1.80. The van der Waals surface area contributed by atoms with Crippen molar-refractivity contribution in [2.75, 3.05) is 0 Å². The van der Waals surface area contributed by atoms with Crippen LogP contribution in [0.2, 0.25) is 0 Å². The molecule has 3 N–H and O–H groups in total. The van der Waals surface area contributed by atoms with Gasteiger partial charge in [-0.1, -0.05) is 0 Å². The second kappa shape index (κ2) is 4.60. The molecule has 2 rings (SSSR count). The molecule has 94 valence electrons. The van der Waals surface area contributed by atoms with Gasteiger partial charge >= 0.3 is 0 Å². The van der Waals surface area contributed by atoms with E-state index in [0.717, 1.165) is 17.0 Å². The van der Waals surface area contributed by atoms with Gasteiger partial charge in [-0.05, 0) is 37.6 Å². The molecule has 0 aliphatic carbocycles. The lowest BCUT2D eigenvalue weighted by molar-refractivity contribution is 0.622. The van der Waals surface area contributed by atoms with E-state index in [1.54, 1.807) is 12.4 Å². The van der Waals surface area contributed by atoms with Gasteiger partial charge in [0.15, 0.2) is 0 Å². The number of nitrogens with zero attached hydrogens (tertiary/aromatic N) is 2. The molecular weight excluding hydrogens is 231 g/mol. The zero-order valence-electron chi connectivity index (χ0n) is 10.4. The lowest BCUT2D eigenvalue weighted by Gasteiger charge is -2.08. The van der Waals surface area contributed by atoms with Crippen molar-refractivity contribution < 1.29 is 4.39 Å². The number of amidine groups is 1. The van der Waals surface area contributed by atoms with Crippen LogP contribution >= 0.6 is 0 Å². The van der Waals surface area contributed by atoms with Crippen LogP contribution in [0.3, 0.4) is 0 Å². The molecule has 0 radical (unpaired) electrons. The molecule has 0 aliphatic heterocycles. The maximum atomic E-state index is 13.4. The average molecular weight is 246 g/mol. The first kappa shape index (κ1) is 12.3.